The Balaban J connectivity index is 2.18. The SMILES string of the molecule is Cc1ccccc1C(=O)Cc1cnn(C)c1. The van der Waals surface area contributed by atoms with Crippen LogP contribution in [-0.4, -0.2) is 15.6 Å². The summed E-state index contributed by atoms with van der Waals surface area (Å²) in [5.41, 5.74) is 2.78. The van der Waals surface area contributed by atoms with E-state index < -0.39 is 0 Å². The number of hydrogen-bond donors (Lipinski definition) is 0. The van der Waals surface area contributed by atoms with Gasteiger partial charge in [-0.1, -0.05) is 24.3 Å². The molecule has 0 N–H and O–H groups in total. The fraction of sp³-hybridized carbons (Fsp3) is 0.231. The van der Waals surface area contributed by atoms with Gasteiger partial charge in [-0.3, -0.25) is 9.48 Å². The topological polar surface area (TPSA) is 34.9 Å². The van der Waals surface area contributed by atoms with Gasteiger partial charge in [-0.05, 0) is 18.1 Å². The minimum absolute atomic E-state index is 0.145. The molecule has 0 spiro atoms. The van der Waals surface area contributed by atoms with E-state index in [1.807, 2.05) is 44.4 Å². The van der Waals surface area contributed by atoms with Crippen molar-refractivity contribution >= 4 is 5.78 Å². The molecule has 0 radical (unpaired) electrons. The van der Waals surface area contributed by atoms with E-state index in [0.717, 1.165) is 16.7 Å². The predicted molar refractivity (Wildman–Crippen MR) is 62.4 cm³/mol. The molecular formula is C13H14N2O. The van der Waals surface area contributed by atoms with Gasteiger partial charge in [-0.2, -0.15) is 5.10 Å². The molecule has 3 heteroatoms. The molecular weight excluding hydrogens is 200 g/mol. The van der Waals surface area contributed by atoms with Crippen LogP contribution >= 0.6 is 0 Å². The summed E-state index contributed by atoms with van der Waals surface area (Å²) in [4.78, 5) is 12.0. The number of benzene rings is 1. The van der Waals surface area contributed by atoms with Gasteiger partial charge in [0.25, 0.3) is 0 Å². The number of rotatable bonds is 3. The number of aryl methyl sites for hydroxylation is 2. The van der Waals surface area contributed by atoms with Gasteiger partial charge < -0.3 is 0 Å². The maximum absolute atomic E-state index is 12.0. The van der Waals surface area contributed by atoms with Crippen molar-refractivity contribution in [3.8, 4) is 0 Å². The van der Waals surface area contributed by atoms with Crippen LogP contribution in [-0.2, 0) is 13.5 Å². The highest BCUT2D eigenvalue weighted by atomic mass is 16.1. The van der Waals surface area contributed by atoms with Crippen molar-refractivity contribution in [1.29, 1.82) is 0 Å². The van der Waals surface area contributed by atoms with Crippen LogP contribution in [0.2, 0.25) is 0 Å². The van der Waals surface area contributed by atoms with Crippen LogP contribution in [0.3, 0.4) is 0 Å². The van der Waals surface area contributed by atoms with Crippen molar-refractivity contribution in [2.75, 3.05) is 0 Å². The van der Waals surface area contributed by atoms with E-state index in [4.69, 9.17) is 0 Å². The molecule has 0 atom stereocenters. The van der Waals surface area contributed by atoms with Crippen LogP contribution in [0.4, 0.5) is 0 Å². The summed E-state index contributed by atoms with van der Waals surface area (Å²) >= 11 is 0. The lowest BCUT2D eigenvalue weighted by Gasteiger charge is -2.02. The molecule has 2 aromatic rings. The standard InChI is InChI=1S/C13H14N2O/c1-10-5-3-4-6-12(10)13(16)7-11-8-14-15(2)9-11/h3-6,8-9H,7H2,1-2H3. The molecule has 0 unspecified atom stereocenters. The quantitative estimate of drug-likeness (QED) is 0.734. The van der Waals surface area contributed by atoms with Crippen LogP contribution in [0.25, 0.3) is 0 Å². The second kappa shape index (κ2) is 4.31. The monoisotopic (exact) mass is 214 g/mol. The van der Waals surface area contributed by atoms with Crippen molar-refractivity contribution in [1.82, 2.24) is 9.78 Å². The second-order valence-electron chi connectivity index (χ2n) is 3.94. The lowest BCUT2D eigenvalue weighted by molar-refractivity contribution is 0.0992. The summed E-state index contributed by atoms with van der Waals surface area (Å²) in [6.45, 7) is 1.95. The Bertz CT molecular complexity index is 514. The van der Waals surface area contributed by atoms with Gasteiger partial charge >= 0.3 is 0 Å². The van der Waals surface area contributed by atoms with Gasteiger partial charge in [0.15, 0.2) is 5.78 Å². The van der Waals surface area contributed by atoms with E-state index in [0.29, 0.717) is 6.42 Å². The maximum atomic E-state index is 12.0. The molecule has 0 aliphatic heterocycles. The third-order valence-electron chi connectivity index (χ3n) is 2.57. The average Bonchev–Trinajstić information content (AvgIpc) is 2.64. The normalized spacial score (nSPS) is 10.4. The molecule has 2 rings (SSSR count). The molecule has 3 nitrogen and oxygen atoms in total. The first-order chi connectivity index (χ1) is 7.66. The number of nitrogens with zero attached hydrogens (tertiary/aromatic N) is 2. The molecule has 82 valence electrons. The summed E-state index contributed by atoms with van der Waals surface area (Å²) in [5.74, 6) is 0.145. The van der Waals surface area contributed by atoms with Gasteiger partial charge in [0.1, 0.15) is 0 Å². The molecule has 16 heavy (non-hydrogen) atoms. The van der Waals surface area contributed by atoms with Crippen LogP contribution in [0, 0.1) is 6.92 Å². The molecule has 1 aromatic heterocycles. The predicted octanol–water partition coefficient (Wildman–Crippen LogP) is 2.15. The molecule has 1 heterocycles. The van der Waals surface area contributed by atoms with E-state index in [9.17, 15) is 4.79 Å². The number of hydrogen-bond acceptors (Lipinski definition) is 2. The summed E-state index contributed by atoms with van der Waals surface area (Å²) in [7, 11) is 1.85. The van der Waals surface area contributed by atoms with E-state index in [1.165, 1.54) is 0 Å². The maximum Gasteiger partial charge on any atom is 0.167 e. The largest absolute Gasteiger partial charge is 0.294 e. The van der Waals surface area contributed by atoms with E-state index >= 15 is 0 Å². The molecule has 0 aliphatic carbocycles. The summed E-state index contributed by atoms with van der Waals surface area (Å²) in [6, 6.07) is 7.66. The van der Waals surface area contributed by atoms with Gasteiger partial charge in [0.05, 0.1) is 6.20 Å². The minimum atomic E-state index is 0.145. The Morgan fingerprint density at radius 3 is 2.75 bits per heavy atom. The van der Waals surface area contributed by atoms with Crippen molar-refractivity contribution in [2.24, 2.45) is 7.05 Å². The Kier molecular flexibility index (Phi) is 2.86. The van der Waals surface area contributed by atoms with Gasteiger partial charge in [0, 0.05) is 25.2 Å². The Morgan fingerprint density at radius 1 is 1.38 bits per heavy atom. The highest BCUT2D eigenvalue weighted by molar-refractivity contribution is 5.98. The zero-order valence-electron chi connectivity index (χ0n) is 9.47. The fourth-order valence-electron chi connectivity index (χ4n) is 1.73. The fourth-order valence-corrected chi connectivity index (χ4v) is 1.73. The van der Waals surface area contributed by atoms with E-state index in [1.54, 1.807) is 10.9 Å². The third-order valence-corrected chi connectivity index (χ3v) is 2.57. The van der Waals surface area contributed by atoms with Crippen molar-refractivity contribution in [3.63, 3.8) is 0 Å². The molecule has 0 amide bonds. The summed E-state index contributed by atoms with van der Waals surface area (Å²) in [6.07, 6.45) is 4.02. The third kappa shape index (κ3) is 2.19. The lowest BCUT2D eigenvalue weighted by Crippen LogP contribution is -2.04. The zero-order valence-corrected chi connectivity index (χ0v) is 9.47. The van der Waals surface area contributed by atoms with Gasteiger partial charge in [-0.25, -0.2) is 0 Å². The van der Waals surface area contributed by atoms with E-state index in [2.05, 4.69) is 5.10 Å². The first-order valence-electron chi connectivity index (χ1n) is 5.23. The molecule has 0 saturated heterocycles. The van der Waals surface area contributed by atoms with E-state index in [-0.39, 0.29) is 5.78 Å². The zero-order chi connectivity index (χ0) is 11.5. The Hall–Kier alpha value is -1.90. The summed E-state index contributed by atoms with van der Waals surface area (Å²) < 4.78 is 1.71. The van der Waals surface area contributed by atoms with Crippen molar-refractivity contribution < 1.29 is 4.79 Å². The summed E-state index contributed by atoms with van der Waals surface area (Å²) in [5, 5.41) is 4.05. The molecule has 0 bridgehead atoms. The number of Topliss-reactive ketones (excluding diaryl/α,β-unsaturated/α-hetero) is 1. The Labute approximate surface area is 94.7 Å². The molecule has 0 saturated carbocycles. The minimum Gasteiger partial charge on any atom is -0.294 e. The second-order valence-corrected chi connectivity index (χ2v) is 3.94. The van der Waals surface area contributed by atoms with Crippen LogP contribution in [0.5, 0.6) is 0 Å². The Morgan fingerprint density at radius 2 is 2.12 bits per heavy atom. The number of carbonyl (C=O) groups is 1. The number of aromatic nitrogens is 2. The van der Waals surface area contributed by atoms with Crippen LogP contribution in [0.1, 0.15) is 21.5 Å². The lowest BCUT2D eigenvalue weighted by atomic mass is 10.0. The first kappa shape index (κ1) is 10.6. The average molecular weight is 214 g/mol. The van der Waals surface area contributed by atoms with Crippen LogP contribution < -0.4 is 0 Å². The first-order valence-corrected chi connectivity index (χ1v) is 5.23. The van der Waals surface area contributed by atoms with Gasteiger partial charge in [0.2, 0.25) is 0 Å². The van der Waals surface area contributed by atoms with Crippen molar-refractivity contribution in [2.45, 2.75) is 13.3 Å². The van der Waals surface area contributed by atoms with Crippen molar-refractivity contribution in [3.05, 3.63) is 53.3 Å². The van der Waals surface area contributed by atoms with Gasteiger partial charge in [-0.15, -0.1) is 0 Å². The number of ketones is 1. The molecule has 0 fully saturated rings. The highest BCUT2D eigenvalue weighted by Gasteiger charge is 2.09. The van der Waals surface area contributed by atoms with Crippen LogP contribution in [0.15, 0.2) is 36.7 Å². The molecule has 1 aromatic carbocycles. The smallest absolute Gasteiger partial charge is 0.167 e. The highest BCUT2D eigenvalue weighted by Crippen LogP contribution is 2.11. The number of carbonyl (C=O) groups excluding carboxylic acids is 1. The molecule has 0 aliphatic rings.